The maximum atomic E-state index is 14.9. The lowest BCUT2D eigenvalue weighted by atomic mass is 9.32. The number of ether oxygens (including phenoxy) is 3. The van der Waals surface area contributed by atoms with Crippen LogP contribution in [0.4, 0.5) is 0 Å². The number of aliphatic hydroxyl groups excluding tert-OH is 1. The van der Waals surface area contributed by atoms with Crippen molar-refractivity contribution in [2.75, 3.05) is 13.1 Å². The highest BCUT2D eigenvalue weighted by atomic mass is 16.5. The Kier molecular flexibility index (Phi) is 13.4. The lowest BCUT2D eigenvalue weighted by Gasteiger charge is -2.72. The predicted octanol–water partition coefficient (Wildman–Crippen LogP) is 12.3. The van der Waals surface area contributed by atoms with Gasteiger partial charge in [-0.25, -0.2) is 0 Å². The summed E-state index contributed by atoms with van der Waals surface area (Å²) in [5.41, 5.74) is 4.48. The Labute approximate surface area is 406 Å². The number of aliphatic hydroxyl groups is 1. The van der Waals surface area contributed by atoms with Crippen LogP contribution in [0.2, 0.25) is 0 Å². The second-order valence-electron chi connectivity index (χ2n) is 22.9. The van der Waals surface area contributed by atoms with E-state index in [0.717, 1.165) is 68.1 Å². The molecule has 5 saturated carbocycles. The number of hydrogen-bond donors (Lipinski definition) is 3. The highest BCUT2D eigenvalue weighted by Gasteiger charge is 2.71. The molecule has 4 aromatic carbocycles. The average molecular weight is 921 g/mol. The second kappa shape index (κ2) is 19.0. The van der Waals surface area contributed by atoms with Crippen LogP contribution in [0.5, 0.6) is 17.2 Å². The monoisotopic (exact) mass is 921 g/mol. The SMILES string of the molecule is C=C(C)[C@@H]1CC[C@]2(C(=O)NCCNC(=O)c3cc(OCc4ccccc4)c(OCc4ccccc4)c(OCc4ccccc4)c3)CC[C@]3(C)[C@H](CC[C@@H]4[C@@]5(C)CC[C@H](O)C(C)(C)[C@@H]5CC[C@]43C)[C@@H]12. The van der Waals surface area contributed by atoms with Crippen molar-refractivity contribution in [2.24, 2.45) is 56.7 Å². The van der Waals surface area contributed by atoms with Gasteiger partial charge in [0.25, 0.3) is 5.91 Å². The van der Waals surface area contributed by atoms with Crippen LogP contribution in [-0.2, 0) is 24.6 Å². The van der Waals surface area contributed by atoms with E-state index in [1.807, 2.05) is 91.0 Å². The van der Waals surface area contributed by atoms with Gasteiger partial charge in [-0.2, -0.15) is 0 Å². The van der Waals surface area contributed by atoms with Gasteiger partial charge < -0.3 is 30.0 Å². The molecule has 0 bridgehead atoms. The normalized spacial score (nSPS) is 32.3. The van der Waals surface area contributed by atoms with Crippen LogP contribution in [0.15, 0.2) is 115 Å². The van der Waals surface area contributed by atoms with Crippen LogP contribution in [0.1, 0.15) is 133 Å². The fraction of sp³-hybridized carbons (Fsp3) is 0.533. The summed E-state index contributed by atoms with van der Waals surface area (Å²) in [4.78, 5) is 29.0. The van der Waals surface area contributed by atoms with Crippen molar-refractivity contribution < 1.29 is 28.9 Å². The quantitative estimate of drug-likeness (QED) is 0.0810. The number of nitrogens with one attached hydrogen (secondary N) is 2. The zero-order valence-electron chi connectivity index (χ0n) is 41.6. The molecule has 4 aromatic rings. The molecule has 0 saturated heterocycles. The summed E-state index contributed by atoms with van der Waals surface area (Å²) >= 11 is 0. The first-order valence-electron chi connectivity index (χ1n) is 25.7. The van der Waals surface area contributed by atoms with Gasteiger partial charge in [0.2, 0.25) is 11.7 Å². The maximum Gasteiger partial charge on any atom is 0.251 e. The van der Waals surface area contributed by atoms with E-state index >= 15 is 0 Å². The third kappa shape index (κ3) is 8.55. The lowest BCUT2D eigenvalue weighted by molar-refractivity contribution is -0.246. The van der Waals surface area contributed by atoms with Crippen LogP contribution in [0.25, 0.3) is 0 Å². The number of allylic oxidation sites excluding steroid dienone is 1. The molecule has 0 heterocycles. The van der Waals surface area contributed by atoms with Crippen LogP contribution in [0.3, 0.4) is 0 Å². The Morgan fingerprint density at radius 1 is 0.632 bits per heavy atom. The molecular formula is C60H76N2O6. The number of fused-ring (bicyclic) bond motifs is 7. The third-order valence-corrected chi connectivity index (χ3v) is 19.2. The van der Waals surface area contributed by atoms with E-state index in [-0.39, 0.29) is 71.9 Å². The molecule has 0 aromatic heterocycles. The molecule has 0 aliphatic heterocycles. The zero-order chi connectivity index (χ0) is 47.9. The highest BCUT2D eigenvalue weighted by molar-refractivity contribution is 5.95. The molecule has 0 radical (unpaired) electrons. The minimum absolute atomic E-state index is 0.0795. The largest absolute Gasteiger partial charge is 0.485 e. The minimum Gasteiger partial charge on any atom is -0.485 e. The zero-order valence-corrected chi connectivity index (χ0v) is 41.6. The van der Waals surface area contributed by atoms with Crippen molar-refractivity contribution in [3.63, 3.8) is 0 Å². The van der Waals surface area contributed by atoms with Gasteiger partial charge in [0.1, 0.15) is 19.8 Å². The first-order chi connectivity index (χ1) is 32.6. The summed E-state index contributed by atoms with van der Waals surface area (Å²) in [6, 6.07) is 33.2. The van der Waals surface area contributed by atoms with Gasteiger partial charge in [0.05, 0.1) is 11.5 Å². The van der Waals surface area contributed by atoms with Crippen molar-refractivity contribution in [2.45, 2.75) is 132 Å². The van der Waals surface area contributed by atoms with E-state index in [2.05, 4.69) is 58.8 Å². The number of amides is 2. The predicted molar refractivity (Wildman–Crippen MR) is 269 cm³/mol. The summed E-state index contributed by atoms with van der Waals surface area (Å²) in [5.74, 6) is 3.20. The fourth-order valence-corrected chi connectivity index (χ4v) is 15.4. The van der Waals surface area contributed by atoms with E-state index < -0.39 is 5.41 Å². The summed E-state index contributed by atoms with van der Waals surface area (Å²) in [6.07, 6.45) is 10.3. The summed E-state index contributed by atoms with van der Waals surface area (Å²) in [6.45, 7) is 20.6. The second-order valence-corrected chi connectivity index (χ2v) is 22.9. The Balaban J connectivity index is 0.915. The van der Waals surface area contributed by atoms with Crippen LogP contribution < -0.4 is 24.8 Å². The fourth-order valence-electron chi connectivity index (χ4n) is 15.4. The van der Waals surface area contributed by atoms with Crippen molar-refractivity contribution in [1.82, 2.24) is 10.6 Å². The van der Waals surface area contributed by atoms with Gasteiger partial charge in [0.15, 0.2) is 11.5 Å². The Morgan fingerprint density at radius 3 is 1.76 bits per heavy atom. The molecule has 3 N–H and O–H groups in total. The Hall–Kier alpha value is -5.08. The lowest BCUT2D eigenvalue weighted by Crippen LogP contribution is -2.67. The maximum absolute atomic E-state index is 14.9. The summed E-state index contributed by atoms with van der Waals surface area (Å²) in [5, 5.41) is 17.7. The molecule has 0 unspecified atom stereocenters. The Bertz CT molecular complexity index is 2370. The molecular weight excluding hydrogens is 845 g/mol. The van der Waals surface area contributed by atoms with Crippen molar-refractivity contribution in [3.8, 4) is 17.2 Å². The van der Waals surface area contributed by atoms with Gasteiger partial charge in [0, 0.05) is 18.7 Å². The standard InChI is InChI=1S/C60H76N2O6/c1-40(2)45-25-30-60(32-31-58(6)46(52(45)60)23-24-50-57(5)28-27-51(63)56(3,4)49(57)26-29-59(50,58)7)55(65)62-34-33-61-54(64)44-35-47(66-37-41-17-11-8-12-18-41)53(68-39-43-21-15-10-16-22-43)48(36-44)67-38-42-19-13-9-14-20-42/h8-22,35-36,45-46,49-52,63H,1,23-34,37-39H2,2-7H3,(H,61,64)(H,62,65)/t45-,46+,49-,50+,51-,52+,57-,58+,59+,60-/m0/s1. The van der Waals surface area contributed by atoms with Crippen molar-refractivity contribution >= 4 is 11.8 Å². The number of hydrogen-bond acceptors (Lipinski definition) is 6. The summed E-state index contributed by atoms with van der Waals surface area (Å²) < 4.78 is 19.4. The van der Waals surface area contributed by atoms with Gasteiger partial charge in [-0.3, -0.25) is 9.59 Å². The first kappa shape index (κ1) is 48.0. The number of carbonyl (C=O) groups excluding carboxylic acids is 2. The minimum atomic E-state index is -0.454. The molecule has 8 nitrogen and oxygen atoms in total. The van der Waals surface area contributed by atoms with Crippen LogP contribution in [0, 0.1) is 56.7 Å². The van der Waals surface area contributed by atoms with Crippen LogP contribution >= 0.6 is 0 Å². The van der Waals surface area contributed by atoms with Gasteiger partial charge in [-0.15, -0.1) is 0 Å². The van der Waals surface area contributed by atoms with Gasteiger partial charge in [-0.1, -0.05) is 138 Å². The Morgan fingerprint density at radius 2 is 1.19 bits per heavy atom. The molecule has 5 aliphatic rings. The third-order valence-electron chi connectivity index (χ3n) is 19.2. The number of carbonyl (C=O) groups is 2. The number of rotatable bonds is 15. The molecule has 68 heavy (non-hydrogen) atoms. The van der Waals surface area contributed by atoms with E-state index in [1.165, 1.54) is 18.4 Å². The molecule has 0 spiro atoms. The molecule has 5 fully saturated rings. The van der Waals surface area contributed by atoms with E-state index in [0.29, 0.717) is 53.0 Å². The van der Waals surface area contributed by atoms with E-state index in [4.69, 9.17) is 14.2 Å². The number of benzene rings is 4. The first-order valence-corrected chi connectivity index (χ1v) is 25.7. The molecule has 9 rings (SSSR count). The summed E-state index contributed by atoms with van der Waals surface area (Å²) in [7, 11) is 0. The van der Waals surface area contributed by atoms with E-state index in [9.17, 15) is 14.7 Å². The van der Waals surface area contributed by atoms with Gasteiger partial charge in [-0.05, 0) is 151 Å². The smallest absolute Gasteiger partial charge is 0.251 e. The topological polar surface area (TPSA) is 106 Å². The molecule has 10 atom stereocenters. The van der Waals surface area contributed by atoms with Gasteiger partial charge >= 0.3 is 0 Å². The molecule has 8 heteroatoms. The highest BCUT2D eigenvalue weighted by Crippen LogP contribution is 2.77. The molecule has 362 valence electrons. The molecule has 2 amide bonds. The van der Waals surface area contributed by atoms with Crippen molar-refractivity contribution in [1.29, 1.82) is 0 Å². The van der Waals surface area contributed by atoms with Crippen LogP contribution in [-0.4, -0.2) is 36.1 Å². The van der Waals surface area contributed by atoms with E-state index in [1.54, 1.807) is 12.1 Å². The van der Waals surface area contributed by atoms with Crippen molar-refractivity contribution in [3.05, 3.63) is 138 Å². The molecule has 5 aliphatic carbocycles. The average Bonchev–Trinajstić information content (AvgIpc) is 3.75.